The lowest BCUT2D eigenvalue weighted by atomic mass is 9.94. The molecule has 0 unspecified atom stereocenters. The van der Waals surface area contributed by atoms with Crippen molar-refractivity contribution in [2.75, 3.05) is 5.32 Å². The van der Waals surface area contributed by atoms with Crippen molar-refractivity contribution >= 4 is 22.5 Å². The second-order valence-corrected chi connectivity index (χ2v) is 7.78. The Labute approximate surface area is 161 Å². The van der Waals surface area contributed by atoms with E-state index in [2.05, 4.69) is 41.8 Å². The summed E-state index contributed by atoms with van der Waals surface area (Å²) in [6, 6.07) is 11.2. The lowest BCUT2D eigenvalue weighted by Gasteiger charge is -2.27. The van der Waals surface area contributed by atoms with Crippen LogP contribution in [0.1, 0.15) is 68.6 Å². The van der Waals surface area contributed by atoms with Crippen molar-refractivity contribution < 1.29 is 0 Å². The van der Waals surface area contributed by atoms with Gasteiger partial charge < -0.3 is 5.32 Å². The summed E-state index contributed by atoms with van der Waals surface area (Å²) < 4.78 is 2.21. The van der Waals surface area contributed by atoms with Crippen LogP contribution in [0.5, 0.6) is 0 Å². The molecule has 4 rings (SSSR count). The fraction of sp³-hybridized carbons (Fsp3) is 0.478. The number of para-hydroxylation sites is 2. The van der Waals surface area contributed by atoms with Gasteiger partial charge in [-0.15, -0.1) is 0 Å². The van der Waals surface area contributed by atoms with E-state index in [0.29, 0.717) is 11.6 Å². The summed E-state index contributed by atoms with van der Waals surface area (Å²) in [5.74, 6) is 1.16. The van der Waals surface area contributed by atoms with E-state index in [0.717, 1.165) is 47.3 Å². The zero-order valence-corrected chi connectivity index (χ0v) is 16.4. The quantitative estimate of drug-likeness (QED) is 0.630. The highest BCUT2D eigenvalue weighted by molar-refractivity contribution is 5.86. The standard InChI is InChI=1S/C23H28N4/c1-3-4-12-18-16(2)19(15-24)23-26-20-13-8-9-14-21(20)27(23)22(18)25-17-10-6-5-7-11-17/h8-9,13-14,17,25H,3-7,10-12H2,1-2H3. The number of rotatable bonds is 5. The average molecular weight is 361 g/mol. The number of fused-ring (bicyclic) bond motifs is 3. The summed E-state index contributed by atoms with van der Waals surface area (Å²) in [6.07, 6.45) is 9.65. The third-order valence-corrected chi connectivity index (χ3v) is 5.96. The predicted molar refractivity (Wildman–Crippen MR) is 111 cm³/mol. The topological polar surface area (TPSA) is 53.1 Å². The van der Waals surface area contributed by atoms with Crippen LogP contribution in [0.4, 0.5) is 5.82 Å². The average Bonchev–Trinajstić information content (AvgIpc) is 3.08. The highest BCUT2D eigenvalue weighted by Gasteiger charge is 2.23. The van der Waals surface area contributed by atoms with Gasteiger partial charge in [-0.25, -0.2) is 4.98 Å². The van der Waals surface area contributed by atoms with Gasteiger partial charge in [0.2, 0.25) is 0 Å². The molecule has 1 aromatic carbocycles. The highest BCUT2D eigenvalue weighted by atomic mass is 15.1. The monoisotopic (exact) mass is 360 g/mol. The number of nitrogens with zero attached hydrogens (tertiary/aromatic N) is 3. The molecular weight excluding hydrogens is 332 g/mol. The summed E-state index contributed by atoms with van der Waals surface area (Å²) in [5.41, 5.74) is 5.91. The Morgan fingerprint density at radius 3 is 2.74 bits per heavy atom. The molecule has 4 heteroatoms. The van der Waals surface area contributed by atoms with Crippen LogP contribution < -0.4 is 5.32 Å². The van der Waals surface area contributed by atoms with Gasteiger partial charge in [-0.1, -0.05) is 44.7 Å². The van der Waals surface area contributed by atoms with Crippen LogP contribution in [0.2, 0.25) is 0 Å². The van der Waals surface area contributed by atoms with Crippen molar-refractivity contribution in [1.82, 2.24) is 9.38 Å². The van der Waals surface area contributed by atoms with Gasteiger partial charge in [-0.2, -0.15) is 5.26 Å². The molecule has 2 heterocycles. The van der Waals surface area contributed by atoms with Crippen molar-refractivity contribution in [2.45, 2.75) is 71.3 Å². The number of pyridine rings is 1. The van der Waals surface area contributed by atoms with Gasteiger partial charge in [0.1, 0.15) is 11.9 Å². The van der Waals surface area contributed by atoms with Crippen molar-refractivity contribution in [1.29, 1.82) is 5.26 Å². The first kappa shape index (κ1) is 17.9. The minimum Gasteiger partial charge on any atom is -0.368 e. The second kappa shape index (κ2) is 7.60. The van der Waals surface area contributed by atoms with Gasteiger partial charge in [-0.05, 0) is 55.9 Å². The first-order valence-corrected chi connectivity index (χ1v) is 10.3. The number of nitriles is 1. The molecule has 1 aliphatic rings. The minimum atomic E-state index is 0.510. The van der Waals surface area contributed by atoms with Crippen LogP contribution in [-0.4, -0.2) is 15.4 Å². The molecule has 4 nitrogen and oxygen atoms in total. The SMILES string of the molecule is CCCCc1c(C)c(C#N)c2nc3ccccc3n2c1NC1CCCCC1. The van der Waals surface area contributed by atoms with Gasteiger partial charge in [-0.3, -0.25) is 4.40 Å². The Bertz CT molecular complexity index is 1000. The Kier molecular flexibility index (Phi) is 5.03. The Morgan fingerprint density at radius 2 is 2.00 bits per heavy atom. The summed E-state index contributed by atoms with van der Waals surface area (Å²) >= 11 is 0. The molecule has 1 aliphatic carbocycles. The Morgan fingerprint density at radius 1 is 1.22 bits per heavy atom. The van der Waals surface area contributed by atoms with Crippen LogP contribution in [0.25, 0.3) is 16.7 Å². The van der Waals surface area contributed by atoms with Crippen molar-refractivity contribution in [2.24, 2.45) is 0 Å². The molecule has 0 aliphatic heterocycles. The smallest absolute Gasteiger partial charge is 0.157 e. The largest absolute Gasteiger partial charge is 0.368 e. The third kappa shape index (κ3) is 3.16. The minimum absolute atomic E-state index is 0.510. The van der Waals surface area contributed by atoms with E-state index in [4.69, 9.17) is 4.98 Å². The van der Waals surface area contributed by atoms with Crippen molar-refractivity contribution in [3.05, 3.63) is 41.0 Å². The molecule has 1 saturated carbocycles. The number of hydrogen-bond donors (Lipinski definition) is 1. The van der Waals surface area contributed by atoms with E-state index in [1.54, 1.807) is 0 Å². The van der Waals surface area contributed by atoms with E-state index in [1.807, 2.05) is 12.1 Å². The molecule has 0 atom stereocenters. The van der Waals surface area contributed by atoms with E-state index >= 15 is 0 Å². The maximum atomic E-state index is 9.88. The van der Waals surface area contributed by atoms with Gasteiger partial charge in [0.15, 0.2) is 5.65 Å². The van der Waals surface area contributed by atoms with Gasteiger partial charge >= 0.3 is 0 Å². The van der Waals surface area contributed by atoms with Crippen molar-refractivity contribution in [3.8, 4) is 6.07 Å². The van der Waals surface area contributed by atoms with Gasteiger partial charge in [0, 0.05) is 6.04 Å². The zero-order chi connectivity index (χ0) is 18.8. The van der Waals surface area contributed by atoms with Crippen LogP contribution in [0, 0.1) is 18.3 Å². The summed E-state index contributed by atoms with van der Waals surface area (Å²) in [6.45, 7) is 4.31. The van der Waals surface area contributed by atoms with Crippen LogP contribution in [0.3, 0.4) is 0 Å². The van der Waals surface area contributed by atoms with Gasteiger partial charge in [0.25, 0.3) is 0 Å². The second-order valence-electron chi connectivity index (χ2n) is 7.78. The van der Waals surface area contributed by atoms with E-state index < -0.39 is 0 Å². The molecule has 0 spiro atoms. The van der Waals surface area contributed by atoms with Crippen LogP contribution in [-0.2, 0) is 6.42 Å². The summed E-state index contributed by atoms with van der Waals surface area (Å²) in [7, 11) is 0. The molecule has 3 aromatic rings. The van der Waals surface area contributed by atoms with E-state index in [-0.39, 0.29) is 0 Å². The maximum Gasteiger partial charge on any atom is 0.157 e. The maximum absolute atomic E-state index is 9.88. The molecular formula is C23H28N4. The summed E-state index contributed by atoms with van der Waals surface area (Å²) in [4.78, 5) is 4.82. The first-order chi connectivity index (χ1) is 13.2. The summed E-state index contributed by atoms with van der Waals surface area (Å²) in [5, 5.41) is 13.8. The fourth-order valence-corrected chi connectivity index (χ4v) is 4.44. The molecule has 0 amide bonds. The molecule has 140 valence electrons. The fourth-order valence-electron chi connectivity index (χ4n) is 4.44. The van der Waals surface area contributed by atoms with Crippen LogP contribution in [0.15, 0.2) is 24.3 Å². The van der Waals surface area contributed by atoms with E-state index in [9.17, 15) is 5.26 Å². The number of unbranched alkanes of at least 4 members (excludes halogenated alkanes) is 1. The molecule has 1 N–H and O–H groups in total. The van der Waals surface area contributed by atoms with Crippen LogP contribution >= 0.6 is 0 Å². The number of nitrogens with one attached hydrogen (secondary N) is 1. The highest BCUT2D eigenvalue weighted by Crippen LogP contribution is 2.33. The Hall–Kier alpha value is -2.54. The van der Waals surface area contributed by atoms with E-state index in [1.165, 1.54) is 37.7 Å². The predicted octanol–water partition coefficient (Wildman–Crippen LogP) is 5.75. The lowest BCUT2D eigenvalue weighted by Crippen LogP contribution is -2.25. The van der Waals surface area contributed by atoms with Gasteiger partial charge in [0.05, 0.1) is 16.6 Å². The normalized spacial score (nSPS) is 15.3. The number of imidazole rings is 1. The number of anilines is 1. The molecule has 0 bridgehead atoms. The number of hydrogen-bond acceptors (Lipinski definition) is 3. The third-order valence-electron chi connectivity index (χ3n) is 5.96. The number of aromatic nitrogens is 2. The number of benzene rings is 1. The molecule has 2 aromatic heterocycles. The van der Waals surface area contributed by atoms with Crippen molar-refractivity contribution in [3.63, 3.8) is 0 Å². The molecule has 0 saturated heterocycles. The lowest BCUT2D eigenvalue weighted by molar-refractivity contribution is 0.461. The first-order valence-electron chi connectivity index (χ1n) is 10.3. The molecule has 1 fully saturated rings. The zero-order valence-electron chi connectivity index (χ0n) is 16.4. The molecule has 27 heavy (non-hydrogen) atoms. The molecule has 0 radical (unpaired) electrons. The Balaban J connectivity index is 1.99.